The van der Waals surface area contributed by atoms with Gasteiger partial charge in [0.1, 0.15) is 0 Å². The molecule has 2 rings (SSSR count). The van der Waals surface area contributed by atoms with E-state index in [2.05, 4.69) is 24.1 Å². The largest absolute Gasteiger partial charge is 0.377 e. The lowest BCUT2D eigenvalue weighted by atomic mass is 10.0. The maximum atomic E-state index is 12.4. The first-order valence-corrected chi connectivity index (χ1v) is 8.03. The minimum Gasteiger partial charge on any atom is -0.377 e. The van der Waals surface area contributed by atoms with Crippen molar-refractivity contribution in [2.75, 3.05) is 45.9 Å². The topological polar surface area (TPSA) is 44.8 Å². The van der Waals surface area contributed by atoms with E-state index in [1.807, 2.05) is 4.90 Å². The van der Waals surface area contributed by atoms with E-state index >= 15 is 0 Å². The van der Waals surface area contributed by atoms with Gasteiger partial charge >= 0.3 is 0 Å². The van der Waals surface area contributed by atoms with Crippen LogP contribution < -0.4 is 5.32 Å². The fraction of sp³-hybridized carbons (Fsp3) is 0.933. The van der Waals surface area contributed by atoms with E-state index in [-0.39, 0.29) is 6.04 Å². The monoisotopic (exact) mass is 283 g/mol. The number of nitrogens with zero attached hydrogens (tertiary/aromatic N) is 2. The van der Waals surface area contributed by atoms with Gasteiger partial charge in [0.25, 0.3) is 0 Å². The maximum Gasteiger partial charge on any atom is 0.239 e. The maximum absolute atomic E-state index is 12.4. The van der Waals surface area contributed by atoms with Crippen LogP contribution in [0.5, 0.6) is 0 Å². The van der Waals surface area contributed by atoms with Crippen LogP contribution in [0.3, 0.4) is 0 Å². The van der Waals surface area contributed by atoms with Crippen LogP contribution in [-0.4, -0.2) is 73.7 Å². The Morgan fingerprint density at radius 1 is 1.25 bits per heavy atom. The van der Waals surface area contributed by atoms with Crippen molar-refractivity contribution in [2.45, 2.75) is 45.3 Å². The zero-order valence-electron chi connectivity index (χ0n) is 12.9. The van der Waals surface area contributed by atoms with Gasteiger partial charge in [-0.2, -0.15) is 0 Å². The molecule has 0 unspecified atom stereocenters. The molecule has 1 amide bonds. The molecule has 1 atom stereocenters. The Kier molecular flexibility index (Phi) is 6.26. The Morgan fingerprint density at radius 3 is 2.60 bits per heavy atom. The van der Waals surface area contributed by atoms with Gasteiger partial charge in [0.2, 0.25) is 5.91 Å². The molecule has 2 saturated heterocycles. The molecule has 0 spiro atoms. The third kappa shape index (κ3) is 4.72. The van der Waals surface area contributed by atoms with Gasteiger partial charge in [0, 0.05) is 32.7 Å². The molecule has 2 aliphatic rings. The van der Waals surface area contributed by atoms with E-state index in [9.17, 15) is 4.79 Å². The molecule has 1 N–H and O–H groups in total. The van der Waals surface area contributed by atoms with Crippen molar-refractivity contribution < 1.29 is 9.53 Å². The van der Waals surface area contributed by atoms with E-state index in [1.54, 1.807) is 0 Å². The van der Waals surface area contributed by atoms with Gasteiger partial charge < -0.3 is 15.0 Å². The van der Waals surface area contributed by atoms with E-state index in [4.69, 9.17) is 4.74 Å². The van der Waals surface area contributed by atoms with Gasteiger partial charge in [-0.15, -0.1) is 0 Å². The zero-order chi connectivity index (χ0) is 14.4. The summed E-state index contributed by atoms with van der Waals surface area (Å²) < 4.78 is 5.58. The molecule has 0 aliphatic carbocycles. The van der Waals surface area contributed by atoms with E-state index in [0.29, 0.717) is 12.0 Å². The number of piperidine rings is 1. The highest BCUT2D eigenvalue weighted by Crippen LogP contribution is 2.11. The molecule has 0 radical (unpaired) electrons. The number of hydrogen-bond donors (Lipinski definition) is 1. The van der Waals surface area contributed by atoms with Gasteiger partial charge in [-0.05, 0) is 33.2 Å². The second-order valence-corrected chi connectivity index (χ2v) is 6.09. The van der Waals surface area contributed by atoms with Crippen LogP contribution in [0.1, 0.15) is 33.1 Å². The van der Waals surface area contributed by atoms with Crippen LogP contribution in [0.15, 0.2) is 0 Å². The lowest BCUT2D eigenvalue weighted by Crippen LogP contribution is -2.55. The smallest absolute Gasteiger partial charge is 0.239 e. The van der Waals surface area contributed by atoms with Crippen molar-refractivity contribution in [2.24, 2.45) is 0 Å². The van der Waals surface area contributed by atoms with E-state index < -0.39 is 0 Å². The lowest BCUT2D eigenvalue weighted by Gasteiger charge is -2.37. The van der Waals surface area contributed by atoms with E-state index in [1.165, 1.54) is 12.8 Å². The third-order valence-corrected chi connectivity index (χ3v) is 4.15. The summed E-state index contributed by atoms with van der Waals surface area (Å²) in [4.78, 5) is 16.8. The second-order valence-electron chi connectivity index (χ2n) is 6.09. The molecule has 2 aliphatic heterocycles. The fourth-order valence-electron chi connectivity index (χ4n) is 2.89. The molecule has 5 nitrogen and oxygen atoms in total. The van der Waals surface area contributed by atoms with Crippen molar-refractivity contribution in [1.29, 1.82) is 0 Å². The number of rotatable bonds is 5. The summed E-state index contributed by atoms with van der Waals surface area (Å²) in [5, 5.41) is 3.35. The first kappa shape index (κ1) is 15.7. The predicted molar refractivity (Wildman–Crippen MR) is 79.7 cm³/mol. The minimum atomic E-state index is 0.0691. The van der Waals surface area contributed by atoms with Crippen LogP contribution in [0, 0.1) is 0 Å². The molecule has 116 valence electrons. The normalized spacial score (nSPS) is 25.1. The number of carbonyl (C=O) groups excluding carboxylic acids is 1. The molecule has 20 heavy (non-hydrogen) atoms. The molecular weight excluding hydrogens is 254 g/mol. The number of hydrogen-bond acceptors (Lipinski definition) is 4. The van der Waals surface area contributed by atoms with Crippen molar-refractivity contribution in [3.63, 3.8) is 0 Å². The predicted octanol–water partition coefficient (Wildman–Crippen LogP) is 0.698. The average molecular weight is 283 g/mol. The highest BCUT2D eigenvalue weighted by molar-refractivity contribution is 5.82. The number of nitrogens with one attached hydrogen (secondary N) is 1. The van der Waals surface area contributed by atoms with Crippen LogP contribution in [-0.2, 0) is 9.53 Å². The van der Waals surface area contributed by atoms with Crippen LogP contribution >= 0.6 is 0 Å². The summed E-state index contributed by atoms with van der Waals surface area (Å²) >= 11 is 0. The Labute approximate surface area is 122 Å². The molecule has 0 saturated carbocycles. The highest BCUT2D eigenvalue weighted by Gasteiger charge is 2.28. The van der Waals surface area contributed by atoms with Crippen molar-refractivity contribution >= 4 is 5.91 Å². The quantitative estimate of drug-likeness (QED) is 0.807. The Bertz CT molecular complexity index is 295. The molecule has 0 aromatic carbocycles. The molecule has 0 aromatic rings. The third-order valence-electron chi connectivity index (χ3n) is 4.15. The molecular formula is C15H29N3O2. The Hall–Kier alpha value is -0.650. The number of amides is 1. The van der Waals surface area contributed by atoms with Crippen LogP contribution in [0.25, 0.3) is 0 Å². The van der Waals surface area contributed by atoms with Crippen molar-refractivity contribution in [1.82, 2.24) is 15.1 Å². The summed E-state index contributed by atoms with van der Waals surface area (Å²) in [6, 6.07) is 0.0691. The van der Waals surface area contributed by atoms with Crippen molar-refractivity contribution in [3.8, 4) is 0 Å². The van der Waals surface area contributed by atoms with E-state index in [0.717, 1.165) is 52.3 Å². The average Bonchev–Trinajstić information content (AvgIpc) is 2.48. The van der Waals surface area contributed by atoms with Gasteiger partial charge in [-0.1, -0.05) is 6.42 Å². The van der Waals surface area contributed by atoms with Gasteiger partial charge in [-0.3, -0.25) is 9.69 Å². The Morgan fingerprint density at radius 2 is 2.00 bits per heavy atom. The lowest BCUT2D eigenvalue weighted by molar-refractivity contribution is -0.135. The second kappa shape index (κ2) is 7.96. The summed E-state index contributed by atoms with van der Waals surface area (Å²) in [6.45, 7) is 10.5. The molecule has 0 bridgehead atoms. The highest BCUT2D eigenvalue weighted by atomic mass is 16.5. The van der Waals surface area contributed by atoms with Crippen LogP contribution in [0.2, 0.25) is 0 Å². The van der Waals surface area contributed by atoms with Gasteiger partial charge in [-0.25, -0.2) is 0 Å². The summed E-state index contributed by atoms with van der Waals surface area (Å²) in [5.74, 6) is 0.308. The van der Waals surface area contributed by atoms with Crippen LogP contribution in [0.4, 0.5) is 0 Å². The SMILES string of the molecule is CC(C)OCCN1CCN(C(=O)[C@H]2CCCCN2)CC1. The molecule has 5 heteroatoms. The van der Waals surface area contributed by atoms with Gasteiger partial charge in [0.05, 0.1) is 18.8 Å². The van der Waals surface area contributed by atoms with Gasteiger partial charge in [0.15, 0.2) is 0 Å². The minimum absolute atomic E-state index is 0.0691. The number of carbonyl (C=O) groups is 1. The number of piperazine rings is 1. The Balaban J connectivity index is 1.66. The summed E-state index contributed by atoms with van der Waals surface area (Å²) in [6.07, 6.45) is 3.68. The molecule has 2 fully saturated rings. The molecule has 0 aromatic heterocycles. The summed E-state index contributed by atoms with van der Waals surface area (Å²) in [7, 11) is 0. The fourth-order valence-corrected chi connectivity index (χ4v) is 2.89. The van der Waals surface area contributed by atoms with Crippen molar-refractivity contribution in [3.05, 3.63) is 0 Å². The summed E-state index contributed by atoms with van der Waals surface area (Å²) in [5.41, 5.74) is 0. The number of ether oxygens (including phenoxy) is 1. The first-order valence-electron chi connectivity index (χ1n) is 8.03. The standard InChI is InChI=1S/C15H29N3O2/c1-13(2)20-12-11-17-7-9-18(10-8-17)15(19)14-5-3-4-6-16-14/h13-14,16H,3-12H2,1-2H3/t14-/m1/s1. The molecule has 2 heterocycles. The first-order chi connectivity index (χ1) is 9.66. The zero-order valence-corrected chi connectivity index (χ0v) is 12.9.